The first-order valence-corrected chi connectivity index (χ1v) is 8.73. The molecule has 0 atom stereocenters. The Hall–Kier alpha value is -1.43. The molecule has 0 aliphatic carbocycles. The monoisotopic (exact) mass is 479 g/mol. The number of hydrogen-bond donors (Lipinski definition) is 1. The molecule has 0 radical (unpaired) electrons. The van der Waals surface area contributed by atoms with Gasteiger partial charge < -0.3 is 10.2 Å². The Kier molecular flexibility index (Phi) is 9.84. The lowest BCUT2D eigenvalue weighted by atomic mass is 10.1. The van der Waals surface area contributed by atoms with E-state index in [-0.39, 0.29) is 34.0 Å². The number of para-hydroxylation sites is 1. The van der Waals surface area contributed by atoms with E-state index >= 15 is 0 Å². The number of benzene rings is 2. The first-order chi connectivity index (χ1) is 11.8. The number of nitrogens with zero attached hydrogens (tertiary/aromatic N) is 2. The van der Waals surface area contributed by atoms with Gasteiger partial charge in [0.2, 0.25) is 0 Å². The fourth-order valence-electron chi connectivity index (χ4n) is 2.97. The first-order valence-electron chi connectivity index (χ1n) is 8.73. The predicted octanol–water partition coefficient (Wildman–Crippen LogP) is 5.81. The Morgan fingerprint density at radius 2 is 1.54 bits per heavy atom. The largest absolute Gasteiger partial charge is 0.383 e. The lowest BCUT2D eigenvalue weighted by Gasteiger charge is -2.19. The van der Waals surface area contributed by atoms with E-state index in [0.29, 0.717) is 0 Å². The third-order valence-electron chi connectivity index (χ3n) is 4.42. The average molecular weight is 481 g/mol. The van der Waals surface area contributed by atoms with Gasteiger partial charge in [0.25, 0.3) is 0 Å². The number of fused-ring (bicyclic) bond motifs is 1. The predicted molar refractivity (Wildman–Crippen MR) is 124 cm³/mol. The number of hydrogen-bond acceptors (Lipinski definition) is 3. The Morgan fingerprint density at radius 3 is 2.23 bits per heavy atom. The molecule has 26 heavy (non-hydrogen) atoms. The summed E-state index contributed by atoms with van der Waals surface area (Å²) in [5.74, 6) is 0. The van der Waals surface area contributed by atoms with Crippen molar-refractivity contribution in [1.29, 1.82) is 0 Å². The lowest BCUT2D eigenvalue weighted by Crippen LogP contribution is -2.28. The molecule has 0 unspecified atom stereocenters. The molecule has 3 nitrogen and oxygen atoms in total. The smallest absolute Gasteiger partial charge is 0.0730 e. The number of halogens is 2. The highest BCUT2D eigenvalue weighted by Crippen LogP contribution is 2.28. The maximum Gasteiger partial charge on any atom is 0.0730 e. The van der Waals surface area contributed by atoms with Crippen molar-refractivity contribution in [1.82, 2.24) is 9.88 Å². The highest BCUT2D eigenvalue weighted by atomic mass is 79.9. The summed E-state index contributed by atoms with van der Waals surface area (Å²) in [6, 6.07) is 20.9. The van der Waals surface area contributed by atoms with Crippen LogP contribution < -0.4 is 5.32 Å². The molecule has 140 valence electrons. The molecule has 0 saturated heterocycles. The third-order valence-corrected chi connectivity index (χ3v) is 4.42. The molecule has 1 N–H and O–H groups in total. The maximum absolute atomic E-state index is 4.83. The fraction of sp³-hybridized carbons (Fsp3) is 0.286. The summed E-state index contributed by atoms with van der Waals surface area (Å²) in [5, 5.41) is 4.79. The van der Waals surface area contributed by atoms with Crippen molar-refractivity contribution >= 4 is 50.6 Å². The van der Waals surface area contributed by atoms with Gasteiger partial charge in [-0.05, 0) is 25.2 Å². The van der Waals surface area contributed by atoms with Crippen molar-refractivity contribution in [2.24, 2.45) is 0 Å². The van der Waals surface area contributed by atoms with Gasteiger partial charge in [-0.2, -0.15) is 0 Å². The summed E-state index contributed by atoms with van der Waals surface area (Å²) in [4.78, 5) is 7.26. The van der Waals surface area contributed by atoms with Crippen LogP contribution >= 0.6 is 34.0 Å². The second-order valence-corrected chi connectivity index (χ2v) is 5.89. The average Bonchev–Trinajstić information content (AvgIpc) is 2.65. The molecule has 3 aromatic rings. The molecule has 0 saturated carbocycles. The van der Waals surface area contributed by atoms with E-state index < -0.39 is 0 Å². The van der Waals surface area contributed by atoms with E-state index in [2.05, 4.69) is 72.6 Å². The summed E-state index contributed by atoms with van der Waals surface area (Å²) in [6.45, 7) is 8.57. The van der Waals surface area contributed by atoms with Crippen molar-refractivity contribution in [3.8, 4) is 11.3 Å². The minimum absolute atomic E-state index is 0. The molecule has 2 aromatic carbocycles. The van der Waals surface area contributed by atoms with Gasteiger partial charge in [0.15, 0.2) is 0 Å². The molecule has 0 spiro atoms. The van der Waals surface area contributed by atoms with E-state index in [1.54, 1.807) is 0 Å². The molecular formula is C21H27Br2N3. The van der Waals surface area contributed by atoms with Crippen molar-refractivity contribution in [3.63, 3.8) is 0 Å². The van der Waals surface area contributed by atoms with Crippen LogP contribution in [-0.4, -0.2) is 36.1 Å². The topological polar surface area (TPSA) is 28.2 Å². The SMILES string of the molecule is Br.Br.CCN(CC)CCNc1cc(-c2ccccc2)nc2ccccc12. The van der Waals surface area contributed by atoms with Crippen molar-refractivity contribution in [3.05, 3.63) is 60.7 Å². The minimum Gasteiger partial charge on any atom is -0.383 e. The van der Waals surface area contributed by atoms with Crippen molar-refractivity contribution < 1.29 is 0 Å². The van der Waals surface area contributed by atoms with Crippen LogP contribution in [0.3, 0.4) is 0 Å². The van der Waals surface area contributed by atoms with E-state index in [0.717, 1.165) is 48.6 Å². The Bertz CT molecular complexity index is 790. The normalized spacial score (nSPS) is 10.3. The summed E-state index contributed by atoms with van der Waals surface area (Å²) in [7, 11) is 0. The highest BCUT2D eigenvalue weighted by molar-refractivity contribution is 8.93. The number of anilines is 1. The Morgan fingerprint density at radius 1 is 0.885 bits per heavy atom. The molecule has 0 aliphatic heterocycles. The number of likely N-dealkylation sites (N-methyl/N-ethyl adjacent to an activating group) is 1. The third kappa shape index (κ3) is 5.53. The van der Waals surface area contributed by atoms with Crippen LogP contribution in [0.4, 0.5) is 5.69 Å². The number of rotatable bonds is 7. The summed E-state index contributed by atoms with van der Waals surface area (Å²) in [6.07, 6.45) is 0. The fourth-order valence-corrected chi connectivity index (χ4v) is 2.97. The van der Waals surface area contributed by atoms with Crippen LogP contribution in [0.15, 0.2) is 60.7 Å². The number of pyridine rings is 1. The van der Waals surface area contributed by atoms with E-state index in [1.807, 2.05) is 12.1 Å². The van der Waals surface area contributed by atoms with E-state index in [4.69, 9.17) is 4.98 Å². The van der Waals surface area contributed by atoms with Crippen LogP contribution in [0.1, 0.15) is 13.8 Å². The van der Waals surface area contributed by atoms with Gasteiger partial charge in [0.05, 0.1) is 11.2 Å². The number of nitrogens with one attached hydrogen (secondary N) is 1. The molecule has 5 heteroatoms. The summed E-state index contributed by atoms with van der Waals surface area (Å²) >= 11 is 0. The van der Waals surface area contributed by atoms with Gasteiger partial charge in [-0.3, -0.25) is 0 Å². The Balaban J connectivity index is 0.00000169. The zero-order valence-electron chi connectivity index (χ0n) is 15.3. The highest BCUT2D eigenvalue weighted by Gasteiger charge is 2.07. The van der Waals surface area contributed by atoms with Gasteiger partial charge in [0.1, 0.15) is 0 Å². The quantitative estimate of drug-likeness (QED) is 0.462. The Labute approximate surface area is 177 Å². The second-order valence-electron chi connectivity index (χ2n) is 5.89. The van der Waals surface area contributed by atoms with E-state index in [9.17, 15) is 0 Å². The summed E-state index contributed by atoms with van der Waals surface area (Å²) < 4.78 is 0. The standard InChI is InChI=1S/C21H25N3.2BrH/c1-3-24(4-2)15-14-22-21-16-20(17-10-6-5-7-11-17)23-19-13-9-8-12-18(19)21;;/h5-13,16H,3-4,14-15H2,1-2H3,(H,22,23);2*1H. The molecule has 0 bridgehead atoms. The van der Waals surface area contributed by atoms with Crippen molar-refractivity contribution in [2.75, 3.05) is 31.5 Å². The van der Waals surface area contributed by atoms with Crippen LogP contribution in [0.5, 0.6) is 0 Å². The summed E-state index contributed by atoms with van der Waals surface area (Å²) in [5.41, 5.74) is 4.35. The number of aromatic nitrogens is 1. The van der Waals surface area contributed by atoms with Gasteiger partial charge in [-0.15, -0.1) is 34.0 Å². The van der Waals surface area contributed by atoms with Gasteiger partial charge >= 0.3 is 0 Å². The first kappa shape index (κ1) is 22.6. The van der Waals surface area contributed by atoms with Crippen LogP contribution in [-0.2, 0) is 0 Å². The van der Waals surface area contributed by atoms with Gasteiger partial charge in [-0.1, -0.05) is 62.4 Å². The second kappa shape index (κ2) is 11.3. The zero-order chi connectivity index (χ0) is 16.8. The molecule has 0 aliphatic rings. The van der Waals surface area contributed by atoms with E-state index in [1.165, 1.54) is 5.39 Å². The molecule has 0 fully saturated rings. The van der Waals surface area contributed by atoms with Crippen LogP contribution in [0, 0.1) is 0 Å². The molecule has 3 rings (SSSR count). The maximum atomic E-state index is 4.83. The molecule has 1 heterocycles. The molecule has 0 amide bonds. The van der Waals surface area contributed by atoms with Crippen molar-refractivity contribution in [2.45, 2.75) is 13.8 Å². The molecular weight excluding hydrogens is 454 g/mol. The zero-order valence-corrected chi connectivity index (χ0v) is 18.7. The van der Waals surface area contributed by atoms with Crippen LogP contribution in [0.25, 0.3) is 22.2 Å². The lowest BCUT2D eigenvalue weighted by molar-refractivity contribution is 0.316. The van der Waals surface area contributed by atoms with Crippen LogP contribution in [0.2, 0.25) is 0 Å². The molecule has 1 aromatic heterocycles. The van der Waals surface area contributed by atoms with Gasteiger partial charge in [-0.25, -0.2) is 4.98 Å². The van der Waals surface area contributed by atoms with Gasteiger partial charge in [0, 0.05) is 29.7 Å². The minimum atomic E-state index is 0.